The summed E-state index contributed by atoms with van der Waals surface area (Å²) in [4.78, 5) is 13.1. The Kier molecular flexibility index (Phi) is 7.36. The van der Waals surface area contributed by atoms with E-state index in [-0.39, 0.29) is 5.75 Å². The fourth-order valence-corrected chi connectivity index (χ4v) is 4.85. The lowest BCUT2D eigenvalue weighted by molar-refractivity contribution is -0.274. The number of nitrogens with zero attached hydrogens (tertiary/aromatic N) is 6. The average Bonchev–Trinajstić information content (AvgIpc) is 3.68. The second kappa shape index (κ2) is 11.1. The first-order valence-corrected chi connectivity index (χ1v) is 12.8. The van der Waals surface area contributed by atoms with E-state index in [0.29, 0.717) is 32.5 Å². The number of hydrogen-bond acceptors (Lipinski definition) is 9. The average molecular weight is 578 g/mol. The first kappa shape index (κ1) is 27.3. The fraction of sp³-hybridized carbons (Fsp3) is 0.111. The van der Waals surface area contributed by atoms with E-state index in [1.165, 1.54) is 29.5 Å². The standard InChI is InChI=1S/C19H13F3N6OS.C8H9N3/c1-27-15-5-2-11(28-7-6-23-10-28)8-14(15)24-17(27)26-18-25-13-4-3-12(9-16(13)30-18)29-19(20,21)22;1-11-8-4-6(5-9)2-3-7(8)10/h2-10H,1H3,(H,24,25,26);2-4,11H,10H2,1H3. The van der Waals surface area contributed by atoms with Crippen LogP contribution < -0.4 is 21.1 Å². The topological polar surface area (TPSA) is 132 Å². The van der Waals surface area contributed by atoms with Gasteiger partial charge in [-0.15, -0.1) is 13.2 Å². The largest absolute Gasteiger partial charge is 0.573 e. The zero-order chi connectivity index (χ0) is 29.1. The van der Waals surface area contributed by atoms with Gasteiger partial charge in [0, 0.05) is 38.2 Å². The van der Waals surface area contributed by atoms with Crippen molar-refractivity contribution in [3.05, 3.63) is 78.9 Å². The van der Waals surface area contributed by atoms with Gasteiger partial charge in [-0.25, -0.2) is 15.0 Å². The Bertz CT molecular complexity index is 1870. The molecule has 6 rings (SSSR count). The van der Waals surface area contributed by atoms with E-state index in [2.05, 4.69) is 30.3 Å². The van der Waals surface area contributed by atoms with Crippen molar-refractivity contribution in [1.82, 2.24) is 24.1 Å². The summed E-state index contributed by atoms with van der Waals surface area (Å²) < 4.78 is 45.6. The van der Waals surface area contributed by atoms with Crippen LogP contribution in [0.1, 0.15) is 5.56 Å². The van der Waals surface area contributed by atoms with Crippen LogP contribution in [0.15, 0.2) is 73.3 Å². The number of nitrogens with two attached hydrogens (primary N) is 1. The molecule has 14 heteroatoms. The molecule has 41 heavy (non-hydrogen) atoms. The molecule has 10 nitrogen and oxygen atoms in total. The van der Waals surface area contributed by atoms with Gasteiger partial charge < -0.3 is 30.2 Å². The van der Waals surface area contributed by atoms with Gasteiger partial charge in [0.1, 0.15) is 5.75 Å². The van der Waals surface area contributed by atoms with Crippen LogP contribution in [0.4, 0.5) is 35.6 Å². The van der Waals surface area contributed by atoms with Crippen molar-refractivity contribution >= 4 is 55.0 Å². The van der Waals surface area contributed by atoms with Crippen LogP contribution in [-0.4, -0.2) is 37.5 Å². The van der Waals surface area contributed by atoms with Gasteiger partial charge in [-0.05, 0) is 48.5 Å². The summed E-state index contributed by atoms with van der Waals surface area (Å²) in [6.07, 6.45) is 0.526. The van der Waals surface area contributed by atoms with Gasteiger partial charge in [0.05, 0.1) is 50.6 Å². The molecule has 3 heterocycles. The molecule has 0 fully saturated rings. The smallest absolute Gasteiger partial charge is 0.406 e. The first-order chi connectivity index (χ1) is 19.6. The van der Waals surface area contributed by atoms with Gasteiger partial charge in [-0.2, -0.15) is 5.26 Å². The highest BCUT2D eigenvalue weighted by atomic mass is 32.1. The zero-order valence-corrected chi connectivity index (χ0v) is 22.5. The summed E-state index contributed by atoms with van der Waals surface area (Å²) in [5.41, 5.74) is 10.9. The Balaban J connectivity index is 0.000000259. The number of ether oxygens (including phenoxy) is 1. The van der Waals surface area contributed by atoms with Crippen molar-refractivity contribution in [1.29, 1.82) is 5.26 Å². The monoisotopic (exact) mass is 577 g/mol. The number of imidazole rings is 2. The number of thiazole rings is 1. The number of anilines is 4. The summed E-state index contributed by atoms with van der Waals surface area (Å²) in [5, 5.41) is 15.1. The molecule has 3 aromatic heterocycles. The zero-order valence-electron chi connectivity index (χ0n) is 21.6. The van der Waals surface area contributed by atoms with Gasteiger partial charge in [0.15, 0.2) is 5.13 Å². The molecule has 3 aromatic carbocycles. The summed E-state index contributed by atoms with van der Waals surface area (Å²) in [6, 6.07) is 17.1. The molecule has 0 unspecified atom stereocenters. The second-order valence-electron chi connectivity index (χ2n) is 8.62. The summed E-state index contributed by atoms with van der Waals surface area (Å²) in [5.74, 6) is 0.290. The molecule has 208 valence electrons. The van der Waals surface area contributed by atoms with Gasteiger partial charge in [-0.1, -0.05) is 11.3 Å². The maximum absolute atomic E-state index is 12.4. The predicted molar refractivity (Wildman–Crippen MR) is 153 cm³/mol. The molecule has 0 aliphatic carbocycles. The molecule has 0 spiro atoms. The fourth-order valence-electron chi connectivity index (χ4n) is 3.97. The van der Waals surface area contributed by atoms with Gasteiger partial charge >= 0.3 is 6.36 Å². The molecule has 0 atom stereocenters. The second-order valence-corrected chi connectivity index (χ2v) is 9.65. The number of aromatic nitrogens is 5. The lowest BCUT2D eigenvalue weighted by Gasteiger charge is -2.07. The molecule has 0 aliphatic heterocycles. The van der Waals surface area contributed by atoms with Crippen LogP contribution >= 0.6 is 11.3 Å². The van der Waals surface area contributed by atoms with E-state index in [9.17, 15) is 13.2 Å². The highest BCUT2D eigenvalue weighted by Crippen LogP contribution is 2.33. The summed E-state index contributed by atoms with van der Waals surface area (Å²) in [7, 11) is 3.64. The number of fused-ring (bicyclic) bond motifs is 2. The van der Waals surface area contributed by atoms with E-state index in [1.54, 1.807) is 37.8 Å². The maximum atomic E-state index is 12.4. The van der Waals surface area contributed by atoms with Crippen LogP contribution in [0.25, 0.3) is 26.9 Å². The Hall–Kier alpha value is -5.29. The van der Waals surface area contributed by atoms with E-state index >= 15 is 0 Å². The van der Waals surface area contributed by atoms with Crippen molar-refractivity contribution in [3.8, 4) is 17.5 Å². The van der Waals surface area contributed by atoms with Gasteiger partial charge in [0.2, 0.25) is 5.95 Å². The highest BCUT2D eigenvalue weighted by molar-refractivity contribution is 7.22. The quantitative estimate of drug-likeness (QED) is 0.207. The Labute approximate surface area is 235 Å². The minimum absolute atomic E-state index is 0.278. The molecular weight excluding hydrogens is 555 g/mol. The molecule has 4 N–H and O–H groups in total. The van der Waals surface area contributed by atoms with Crippen LogP contribution in [0.3, 0.4) is 0 Å². The normalized spacial score (nSPS) is 11.1. The molecule has 0 saturated heterocycles. The van der Waals surface area contributed by atoms with Crippen LogP contribution in [0.2, 0.25) is 0 Å². The van der Waals surface area contributed by atoms with Crippen molar-refractivity contribution in [2.75, 3.05) is 23.4 Å². The van der Waals surface area contributed by atoms with Crippen LogP contribution in [0.5, 0.6) is 5.75 Å². The minimum atomic E-state index is -4.73. The molecule has 0 bridgehead atoms. The molecule has 0 radical (unpaired) electrons. The van der Waals surface area contributed by atoms with E-state index in [0.717, 1.165) is 22.4 Å². The third-order valence-corrected chi connectivity index (χ3v) is 6.86. The Morgan fingerprint density at radius 1 is 1.05 bits per heavy atom. The van der Waals surface area contributed by atoms with Crippen molar-refractivity contribution < 1.29 is 17.9 Å². The van der Waals surface area contributed by atoms with E-state index in [1.807, 2.05) is 46.6 Å². The highest BCUT2D eigenvalue weighted by Gasteiger charge is 2.31. The first-order valence-electron chi connectivity index (χ1n) is 12.0. The molecular formula is C27H22F3N9OS. The number of hydrogen-bond donors (Lipinski definition) is 3. The van der Waals surface area contributed by atoms with Crippen LogP contribution in [-0.2, 0) is 7.05 Å². The van der Waals surface area contributed by atoms with Gasteiger partial charge in [0.25, 0.3) is 0 Å². The minimum Gasteiger partial charge on any atom is -0.406 e. The van der Waals surface area contributed by atoms with Crippen molar-refractivity contribution in [2.24, 2.45) is 7.05 Å². The lowest BCUT2D eigenvalue weighted by atomic mass is 10.2. The number of aryl methyl sites for hydroxylation is 1. The maximum Gasteiger partial charge on any atom is 0.573 e. The predicted octanol–water partition coefficient (Wildman–Crippen LogP) is 6.19. The van der Waals surface area contributed by atoms with E-state index in [4.69, 9.17) is 11.0 Å². The molecule has 6 aromatic rings. The van der Waals surface area contributed by atoms with E-state index < -0.39 is 6.36 Å². The molecule has 0 amide bonds. The lowest BCUT2D eigenvalue weighted by Crippen LogP contribution is -2.16. The number of rotatable bonds is 5. The number of nitrogens with one attached hydrogen (secondary N) is 2. The number of benzene rings is 3. The third-order valence-electron chi connectivity index (χ3n) is 5.93. The Morgan fingerprint density at radius 3 is 2.59 bits per heavy atom. The number of alkyl halides is 3. The van der Waals surface area contributed by atoms with Gasteiger partial charge in [-0.3, -0.25) is 0 Å². The Morgan fingerprint density at radius 2 is 1.88 bits per heavy atom. The summed E-state index contributed by atoms with van der Waals surface area (Å²) in [6.45, 7) is 0. The molecule has 0 saturated carbocycles. The number of nitriles is 1. The number of nitrogen functional groups attached to an aromatic ring is 1. The summed E-state index contributed by atoms with van der Waals surface area (Å²) >= 11 is 1.22. The van der Waals surface area contributed by atoms with Crippen molar-refractivity contribution in [2.45, 2.75) is 6.36 Å². The third kappa shape index (κ3) is 6.15. The van der Waals surface area contributed by atoms with Crippen LogP contribution in [0, 0.1) is 11.3 Å². The molecule has 0 aliphatic rings. The SMILES string of the molecule is CNc1cc(C#N)ccc1N.Cn1c(Nc2nc3ccc(OC(F)(F)F)cc3s2)nc2cc(-n3ccnc3)ccc21. The van der Waals surface area contributed by atoms with Crippen molar-refractivity contribution in [3.63, 3.8) is 0 Å². The number of halogens is 3.